The minimum Gasteiger partial charge on any atom is -0.359 e. The van der Waals surface area contributed by atoms with Gasteiger partial charge in [0.2, 0.25) is 0 Å². The molecule has 0 spiro atoms. The van der Waals surface area contributed by atoms with E-state index in [9.17, 15) is 31.7 Å². The molecule has 31 heavy (non-hydrogen) atoms. The number of terminal acetylenes is 1. The molecule has 2 aromatic rings. The third-order valence-corrected chi connectivity index (χ3v) is 7.25. The minimum atomic E-state index is -4.70. The summed E-state index contributed by atoms with van der Waals surface area (Å²) in [5.41, 5.74) is -2.50. The van der Waals surface area contributed by atoms with Gasteiger partial charge in [-0.2, -0.15) is 13.2 Å². The van der Waals surface area contributed by atoms with Crippen molar-refractivity contribution in [1.82, 2.24) is 9.29 Å². The molecule has 1 aromatic heterocycles. The van der Waals surface area contributed by atoms with Crippen molar-refractivity contribution in [3.63, 3.8) is 0 Å². The lowest BCUT2D eigenvalue weighted by Gasteiger charge is -2.23. The van der Waals surface area contributed by atoms with Gasteiger partial charge < -0.3 is 15.0 Å². The van der Waals surface area contributed by atoms with Crippen LogP contribution < -0.4 is 10.0 Å². The van der Waals surface area contributed by atoms with Crippen molar-refractivity contribution in [1.29, 1.82) is 0 Å². The Balaban J connectivity index is 1.96. The normalized spacial score (nSPS) is 16.8. The van der Waals surface area contributed by atoms with Crippen LogP contribution in [-0.4, -0.2) is 37.1 Å². The Hall–Kier alpha value is -2.52. The number of hydrogen-bond acceptors (Lipinski definition) is 2. The third kappa shape index (κ3) is 4.16. The number of aromatic nitrogens is 1. The maximum Gasteiger partial charge on any atom is 0.407 e. The van der Waals surface area contributed by atoms with Crippen LogP contribution in [0.25, 0.3) is 0 Å². The van der Waals surface area contributed by atoms with E-state index in [2.05, 4.69) is 11.2 Å². The number of nitrogens with one attached hydrogen (secondary N) is 2. The predicted molar refractivity (Wildman–Crippen MR) is 109 cm³/mol. The maximum atomic E-state index is 13.5. The van der Waals surface area contributed by atoms with Gasteiger partial charge in [-0.25, -0.2) is 13.3 Å². The van der Waals surface area contributed by atoms with Crippen LogP contribution in [0.1, 0.15) is 28.9 Å². The molecule has 0 bridgehead atoms. The number of rotatable bonds is 5. The van der Waals surface area contributed by atoms with Crippen molar-refractivity contribution in [2.45, 2.75) is 29.5 Å². The molecule has 1 atom stereocenters. The van der Waals surface area contributed by atoms with Crippen molar-refractivity contribution in [2.75, 3.05) is 5.32 Å². The maximum absolute atomic E-state index is 13.5. The Morgan fingerprint density at radius 1 is 1.42 bits per heavy atom. The molecule has 1 amide bonds. The first kappa shape index (κ1) is 23.1. The van der Waals surface area contributed by atoms with Crippen LogP contribution in [0.2, 0.25) is 5.02 Å². The molecular weight excluding hydrogens is 462 g/mol. The standard InChI is InChI=1S/C19H16ClF4N3O3S/c1-3-11-8-12(4-5-13(11)21)25-17(29)16-15(20)14(9-27(16)2)31(30,10-28)26-18(6-7-18)19(22,23)24/h1,4-5,8-10,28H,6-7H2,2H3,(H,25,29)(H,26,30). The summed E-state index contributed by atoms with van der Waals surface area (Å²) < 4.78 is 69.7. The Bertz CT molecular complexity index is 1220. The number of benzene rings is 1. The van der Waals surface area contributed by atoms with Gasteiger partial charge in [0.05, 0.1) is 25.2 Å². The highest BCUT2D eigenvalue weighted by molar-refractivity contribution is 7.99. The van der Waals surface area contributed by atoms with E-state index < -0.39 is 38.2 Å². The lowest BCUT2D eigenvalue weighted by atomic mass is 10.2. The minimum absolute atomic E-state index is 0.0968. The fourth-order valence-corrected chi connectivity index (χ4v) is 5.41. The van der Waals surface area contributed by atoms with E-state index in [4.69, 9.17) is 18.0 Å². The van der Waals surface area contributed by atoms with Crippen molar-refractivity contribution in [2.24, 2.45) is 7.05 Å². The molecule has 6 nitrogen and oxygen atoms in total. The summed E-state index contributed by atoms with van der Waals surface area (Å²) in [6.45, 7) is 0. The van der Waals surface area contributed by atoms with Gasteiger partial charge in [0.1, 0.15) is 22.6 Å². The van der Waals surface area contributed by atoms with E-state index in [1.165, 1.54) is 19.2 Å². The highest BCUT2D eigenvalue weighted by Crippen LogP contribution is 2.50. The average Bonchev–Trinajstić information content (AvgIpc) is 3.41. The van der Waals surface area contributed by atoms with Crippen molar-refractivity contribution >= 4 is 38.5 Å². The van der Waals surface area contributed by atoms with Crippen LogP contribution in [0.5, 0.6) is 0 Å². The quantitative estimate of drug-likeness (QED) is 0.349. The molecule has 1 aromatic carbocycles. The molecule has 1 aliphatic rings. The number of hydrogen-bond donors (Lipinski definition) is 3. The molecule has 3 rings (SSSR count). The van der Waals surface area contributed by atoms with Crippen LogP contribution >= 0.6 is 11.6 Å². The summed E-state index contributed by atoms with van der Waals surface area (Å²) in [5, 5.41) is 11.5. The molecule has 0 saturated heterocycles. The monoisotopic (exact) mass is 477 g/mol. The number of alkyl halides is 3. The van der Waals surface area contributed by atoms with Crippen LogP contribution in [0, 0.1) is 18.2 Å². The summed E-state index contributed by atoms with van der Waals surface area (Å²) in [4.78, 5) is 12.3. The fraction of sp³-hybridized carbons (Fsp3) is 0.263. The summed E-state index contributed by atoms with van der Waals surface area (Å²) in [6, 6.07) is 3.50. The number of aryl methyl sites for hydroxylation is 1. The Kier molecular flexibility index (Phi) is 5.88. The van der Waals surface area contributed by atoms with Crippen molar-refractivity contribution in [3.8, 4) is 12.3 Å². The van der Waals surface area contributed by atoms with Crippen LogP contribution in [-0.2, 0) is 16.8 Å². The third-order valence-electron chi connectivity index (χ3n) is 4.80. The van der Waals surface area contributed by atoms with Gasteiger partial charge in [-0.15, -0.1) is 6.42 Å². The van der Waals surface area contributed by atoms with Crippen molar-refractivity contribution < 1.29 is 31.7 Å². The predicted octanol–water partition coefficient (Wildman–Crippen LogP) is 3.61. The molecule has 3 N–H and O–H groups in total. The van der Waals surface area contributed by atoms with E-state index in [-0.39, 0.29) is 40.2 Å². The number of carbonyl (C=O) groups excluding carboxylic acids is 1. The topological polar surface area (TPSA) is 83.4 Å². The van der Waals surface area contributed by atoms with E-state index in [1.807, 2.05) is 4.72 Å². The molecule has 0 aliphatic heterocycles. The molecule has 0 radical (unpaired) electrons. The molecule has 1 fully saturated rings. The zero-order chi connectivity index (χ0) is 23.2. The number of amides is 1. The molecule has 1 unspecified atom stereocenters. The van der Waals surface area contributed by atoms with E-state index in [0.717, 1.165) is 16.8 Å². The lowest BCUT2D eigenvalue weighted by Crippen LogP contribution is -2.48. The Morgan fingerprint density at radius 3 is 2.58 bits per heavy atom. The number of anilines is 1. The van der Waals surface area contributed by atoms with Gasteiger partial charge in [0, 0.05) is 18.9 Å². The number of nitrogens with zero attached hydrogens (tertiary/aromatic N) is 1. The number of aliphatic hydroxyl groups excluding tert-OH is 1. The second-order valence-corrected chi connectivity index (χ2v) is 9.38. The lowest BCUT2D eigenvalue weighted by molar-refractivity contribution is -0.160. The Morgan fingerprint density at radius 2 is 2.06 bits per heavy atom. The molecule has 12 heteroatoms. The van der Waals surface area contributed by atoms with Gasteiger partial charge >= 0.3 is 6.18 Å². The summed E-state index contributed by atoms with van der Waals surface area (Å²) >= 11 is 6.20. The zero-order valence-electron chi connectivity index (χ0n) is 15.9. The zero-order valence-corrected chi connectivity index (χ0v) is 17.5. The van der Waals surface area contributed by atoms with Crippen LogP contribution in [0.4, 0.5) is 23.2 Å². The number of carbonyl (C=O) groups is 1. The average molecular weight is 478 g/mol. The van der Waals surface area contributed by atoms with Gasteiger partial charge in [0.25, 0.3) is 5.91 Å². The molecule has 1 heterocycles. The molecule has 1 saturated carbocycles. The van der Waals surface area contributed by atoms with Gasteiger partial charge in [-0.1, -0.05) is 17.5 Å². The second-order valence-electron chi connectivity index (χ2n) is 6.95. The van der Waals surface area contributed by atoms with Gasteiger partial charge in [-0.3, -0.25) is 4.79 Å². The Labute approximate surface area is 180 Å². The first-order valence-electron chi connectivity index (χ1n) is 8.67. The van der Waals surface area contributed by atoms with Crippen LogP contribution in [0.3, 0.4) is 0 Å². The van der Waals surface area contributed by atoms with E-state index in [0.29, 0.717) is 0 Å². The molecule has 166 valence electrons. The number of halogens is 5. The first-order chi connectivity index (χ1) is 14.4. The van der Waals surface area contributed by atoms with Gasteiger partial charge in [0.15, 0.2) is 0 Å². The molecular formula is C19H16ClF4N3O3S. The SMILES string of the molecule is C#Cc1cc(NC(=O)c2c(Cl)c(S(=O)(=CO)NC3(C(F)(F)F)CC3)cn2C)ccc1F. The number of aliphatic hydroxyl groups is 1. The van der Waals surface area contributed by atoms with E-state index >= 15 is 0 Å². The largest absolute Gasteiger partial charge is 0.407 e. The first-order valence-corrected chi connectivity index (χ1v) is 10.7. The smallest absolute Gasteiger partial charge is 0.359 e. The highest BCUT2D eigenvalue weighted by Gasteiger charge is 2.64. The van der Waals surface area contributed by atoms with Crippen LogP contribution in [0.15, 0.2) is 29.3 Å². The summed E-state index contributed by atoms with van der Waals surface area (Å²) in [6.07, 6.45) is 0.941. The summed E-state index contributed by atoms with van der Waals surface area (Å²) in [7, 11) is -2.63. The van der Waals surface area contributed by atoms with E-state index in [1.54, 1.807) is 0 Å². The summed E-state index contributed by atoms with van der Waals surface area (Å²) in [5.74, 6) is 0.636. The van der Waals surface area contributed by atoms with Gasteiger partial charge in [-0.05, 0) is 31.0 Å². The highest BCUT2D eigenvalue weighted by atomic mass is 35.5. The fourth-order valence-electron chi connectivity index (χ4n) is 2.94. The molecule has 1 aliphatic carbocycles. The van der Waals surface area contributed by atoms with Crippen molar-refractivity contribution in [3.05, 3.63) is 46.5 Å². The second kappa shape index (κ2) is 7.87.